The molecule has 0 unspecified atom stereocenters. The molecule has 26 heavy (non-hydrogen) atoms. The highest BCUT2D eigenvalue weighted by Crippen LogP contribution is 2.33. The second-order valence-corrected chi connectivity index (χ2v) is 8.58. The molecule has 0 aliphatic carbocycles. The Morgan fingerprint density at radius 1 is 0.885 bits per heavy atom. The van der Waals surface area contributed by atoms with Gasteiger partial charge in [0, 0.05) is 0 Å². The molecule has 0 spiro atoms. The Kier molecular flexibility index (Phi) is 5.27. The van der Waals surface area contributed by atoms with Crippen LogP contribution in [0.1, 0.15) is 33.4 Å². The van der Waals surface area contributed by atoms with Crippen molar-refractivity contribution in [3.63, 3.8) is 0 Å². The molecule has 0 radical (unpaired) electrons. The van der Waals surface area contributed by atoms with Gasteiger partial charge in [0.1, 0.15) is 24.5 Å². The second-order valence-electron chi connectivity index (χ2n) is 7.43. The lowest BCUT2D eigenvalue weighted by Crippen LogP contribution is -2.34. The van der Waals surface area contributed by atoms with Crippen molar-refractivity contribution in [1.82, 2.24) is 0 Å². The quantitative estimate of drug-likeness (QED) is 0.433. The summed E-state index contributed by atoms with van der Waals surface area (Å²) < 4.78 is 2.99. The van der Waals surface area contributed by atoms with Gasteiger partial charge >= 0.3 is 5.84 Å². The van der Waals surface area contributed by atoms with Crippen LogP contribution >= 0.6 is 24.8 Å². The Balaban J connectivity index is 2.23. The van der Waals surface area contributed by atoms with Gasteiger partial charge in [-0.25, -0.2) is 9.48 Å². The molecule has 0 saturated carbocycles. The molecule has 3 rings (SSSR count). The lowest BCUT2D eigenvalue weighted by atomic mass is 10.0. The molecule has 2 aromatic rings. The molecule has 0 N–H and O–H groups in total. The first-order valence-electron chi connectivity index (χ1n) is 9.01. The van der Waals surface area contributed by atoms with Crippen LogP contribution in [0.5, 0.6) is 0 Å². The Labute approximate surface area is 168 Å². The number of benzene rings is 2. The second kappa shape index (κ2) is 7.16. The van der Waals surface area contributed by atoms with Gasteiger partial charge in [-0.1, -0.05) is 47.6 Å². The number of hydrogen-bond acceptors (Lipinski definition) is 2. The summed E-state index contributed by atoms with van der Waals surface area (Å²) in [6.07, 6.45) is 0. The Morgan fingerprint density at radius 3 is 1.81 bits per heavy atom. The van der Waals surface area contributed by atoms with Gasteiger partial charge in [0.25, 0.3) is 0 Å². The Hall–Kier alpha value is -1.65. The number of hydrogen-bond donors (Lipinski definition) is 1. The van der Waals surface area contributed by atoms with Gasteiger partial charge in [-0.2, -0.15) is 0 Å². The average molecular weight is 384 g/mol. The maximum atomic E-state index is 5.58. The Bertz CT molecular complexity index is 895. The van der Waals surface area contributed by atoms with E-state index in [0.29, 0.717) is 4.20 Å². The average Bonchev–Trinajstić information content (AvgIpc) is 2.89. The van der Waals surface area contributed by atoms with Crippen molar-refractivity contribution in [2.24, 2.45) is 0 Å². The number of thiol groups is 1. The molecule has 1 heterocycles. The first kappa shape index (κ1) is 19.1. The highest BCUT2D eigenvalue weighted by molar-refractivity contribution is 8.13. The van der Waals surface area contributed by atoms with Crippen LogP contribution in [0, 0.1) is 41.5 Å². The minimum absolute atomic E-state index is 0.640. The molecule has 1 aliphatic heterocycles. The molecule has 136 valence electrons. The highest BCUT2D eigenvalue weighted by atomic mass is 32.1. The number of rotatable bonds is 3. The van der Waals surface area contributed by atoms with Crippen molar-refractivity contribution in [1.29, 1.82) is 0 Å². The van der Waals surface area contributed by atoms with Gasteiger partial charge in [-0.3, -0.25) is 0 Å². The van der Waals surface area contributed by atoms with E-state index in [1.807, 2.05) is 0 Å². The molecule has 4 heteroatoms. The molecular formula is C22H27N2S2+. The van der Waals surface area contributed by atoms with E-state index in [4.69, 9.17) is 12.2 Å². The van der Waals surface area contributed by atoms with E-state index in [1.165, 1.54) is 44.8 Å². The maximum absolute atomic E-state index is 5.58. The highest BCUT2D eigenvalue weighted by Gasteiger charge is 2.37. The van der Waals surface area contributed by atoms with Crippen LogP contribution in [-0.2, 0) is 0 Å². The van der Waals surface area contributed by atoms with Gasteiger partial charge < -0.3 is 0 Å². The smallest absolute Gasteiger partial charge is 0.221 e. The lowest BCUT2D eigenvalue weighted by Gasteiger charge is -2.18. The summed E-state index contributed by atoms with van der Waals surface area (Å²) in [6, 6.07) is 8.97. The predicted molar refractivity (Wildman–Crippen MR) is 120 cm³/mol. The molecule has 1 aliphatic rings. The van der Waals surface area contributed by atoms with Crippen molar-refractivity contribution in [2.45, 2.75) is 41.5 Å². The summed E-state index contributed by atoms with van der Waals surface area (Å²) in [5, 5.41) is 0. The molecule has 0 bridgehead atoms. The van der Waals surface area contributed by atoms with E-state index >= 15 is 0 Å². The molecular weight excluding hydrogens is 356 g/mol. The van der Waals surface area contributed by atoms with Crippen LogP contribution in [0.25, 0.3) is 0 Å². The van der Waals surface area contributed by atoms with E-state index < -0.39 is 0 Å². The topological polar surface area (TPSA) is 6.25 Å². The van der Waals surface area contributed by atoms with Crippen molar-refractivity contribution in [3.8, 4) is 0 Å². The van der Waals surface area contributed by atoms with E-state index in [2.05, 4.69) is 87.9 Å². The third-order valence-electron chi connectivity index (χ3n) is 5.06. The fraction of sp³-hybridized carbons (Fsp3) is 0.364. The first-order chi connectivity index (χ1) is 12.2. The summed E-state index contributed by atoms with van der Waals surface area (Å²) >= 11 is 10.2. The zero-order chi connectivity index (χ0) is 19.2. The molecule has 2 nitrogen and oxygen atoms in total. The van der Waals surface area contributed by atoms with Crippen molar-refractivity contribution < 1.29 is 4.58 Å². The minimum atomic E-state index is 0.640. The Morgan fingerprint density at radius 2 is 1.35 bits per heavy atom. The first-order valence-corrected chi connectivity index (χ1v) is 9.87. The van der Waals surface area contributed by atoms with Crippen LogP contribution in [-0.4, -0.2) is 27.7 Å². The number of nitrogens with zero attached hydrogens (tertiary/aromatic N) is 2. The SMILES string of the molecule is Cc1cc(C)c(N2CC[N+](c3c(C)cc(C)cc3C)=C2C(=S)S)c(C)c1. The van der Waals surface area contributed by atoms with Crippen molar-refractivity contribution in [3.05, 3.63) is 57.6 Å². The van der Waals surface area contributed by atoms with Crippen LogP contribution in [0.15, 0.2) is 24.3 Å². The van der Waals surface area contributed by atoms with Crippen LogP contribution in [0.2, 0.25) is 0 Å². The monoisotopic (exact) mass is 383 g/mol. The largest absolute Gasteiger partial charge is 0.307 e. The predicted octanol–water partition coefficient (Wildman–Crippen LogP) is 5.36. The summed E-state index contributed by atoms with van der Waals surface area (Å²) in [5.74, 6) is 1.02. The molecule has 0 amide bonds. The number of amidine groups is 1. The lowest BCUT2D eigenvalue weighted by molar-refractivity contribution is -0.427. The molecule has 0 fully saturated rings. The van der Waals surface area contributed by atoms with Crippen molar-refractivity contribution in [2.75, 3.05) is 18.0 Å². The van der Waals surface area contributed by atoms with E-state index in [1.54, 1.807) is 0 Å². The van der Waals surface area contributed by atoms with Gasteiger partial charge in [0.15, 0.2) is 4.20 Å². The third kappa shape index (κ3) is 3.33. The number of anilines is 1. The number of aryl methyl sites for hydroxylation is 6. The van der Waals surface area contributed by atoms with Gasteiger partial charge in [0.05, 0.1) is 0 Å². The molecule has 0 saturated heterocycles. The standard InChI is InChI=1S/C22H26N2S2/c1-13-9-15(3)19(16(4)10-13)23-7-8-24(21(23)22(25)26)20-17(5)11-14(2)12-18(20)6/h9-12H,7-8H2,1-6H3/p+1. The van der Waals surface area contributed by atoms with Gasteiger partial charge in [0.2, 0.25) is 0 Å². The summed E-state index contributed by atoms with van der Waals surface area (Å²) in [6.45, 7) is 14.8. The summed E-state index contributed by atoms with van der Waals surface area (Å²) in [4.78, 5) is 2.35. The van der Waals surface area contributed by atoms with Gasteiger partial charge in [-0.05, 0) is 63.8 Å². The fourth-order valence-electron chi connectivity index (χ4n) is 4.42. The fourth-order valence-corrected chi connectivity index (χ4v) is 4.88. The molecule has 0 atom stereocenters. The minimum Gasteiger partial charge on any atom is -0.221 e. The van der Waals surface area contributed by atoms with E-state index in [9.17, 15) is 0 Å². The normalized spacial score (nSPS) is 14.3. The van der Waals surface area contributed by atoms with E-state index in [0.717, 1.165) is 18.9 Å². The summed E-state index contributed by atoms with van der Waals surface area (Å²) in [5.41, 5.74) is 10.2. The van der Waals surface area contributed by atoms with E-state index in [-0.39, 0.29) is 0 Å². The zero-order valence-corrected chi connectivity index (χ0v) is 18.2. The van der Waals surface area contributed by atoms with Crippen LogP contribution < -0.4 is 4.90 Å². The third-order valence-corrected chi connectivity index (χ3v) is 5.44. The maximum Gasteiger partial charge on any atom is 0.307 e. The van der Waals surface area contributed by atoms with Crippen molar-refractivity contribution >= 4 is 46.3 Å². The van der Waals surface area contributed by atoms with Gasteiger partial charge in [-0.15, -0.1) is 12.6 Å². The van der Waals surface area contributed by atoms with Crippen LogP contribution in [0.4, 0.5) is 11.4 Å². The number of thiocarbonyl (C=S) groups is 1. The van der Waals surface area contributed by atoms with Crippen LogP contribution in [0.3, 0.4) is 0 Å². The summed E-state index contributed by atoms with van der Waals surface area (Å²) in [7, 11) is 0. The zero-order valence-electron chi connectivity index (χ0n) is 16.5. The molecule has 2 aromatic carbocycles. The molecule has 0 aromatic heterocycles.